The number of carbonyl (C=O) groups is 1. The number of hydrogen-bond donors (Lipinski definition) is 1. The molecule has 0 saturated heterocycles. The summed E-state index contributed by atoms with van der Waals surface area (Å²) in [6, 6.07) is 18.0. The molecule has 1 heterocycles. The number of carbonyl (C=O) groups excluding carboxylic acids is 1. The molecule has 190 valence electrons. The number of fused-ring (bicyclic) bond motifs is 1. The van der Waals surface area contributed by atoms with Gasteiger partial charge in [0.05, 0.1) is 23.7 Å². The minimum Gasteiger partial charge on any atom is -0.497 e. The van der Waals surface area contributed by atoms with Crippen molar-refractivity contribution in [2.45, 2.75) is 43.7 Å². The van der Waals surface area contributed by atoms with Gasteiger partial charge in [-0.1, -0.05) is 29.8 Å². The van der Waals surface area contributed by atoms with Gasteiger partial charge in [0.25, 0.3) is 10.0 Å². The van der Waals surface area contributed by atoms with Gasteiger partial charge >= 0.3 is 0 Å². The van der Waals surface area contributed by atoms with Gasteiger partial charge in [-0.3, -0.25) is 9.10 Å². The first-order chi connectivity index (χ1) is 17.0. The van der Waals surface area contributed by atoms with E-state index < -0.39 is 28.1 Å². The van der Waals surface area contributed by atoms with Crippen LogP contribution in [0.5, 0.6) is 11.5 Å². The summed E-state index contributed by atoms with van der Waals surface area (Å²) in [5, 5.41) is 3.51. The lowest BCUT2D eigenvalue weighted by Gasteiger charge is -2.38. The summed E-state index contributed by atoms with van der Waals surface area (Å²) in [5.41, 5.74) is 1.29. The molecule has 3 aromatic carbocycles. The van der Waals surface area contributed by atoms with Gasteiger partial charge in [-0.05, 0) is 68.8 Å². The van der Waals surface area contributed by atoms with Crippen LogP contribution in [0.15, 0.2) is 71.6 Å². The summed E-state index contributed by atoms with van der Waals surface area (Å²) in [5.74, 6) is 0.835. The Morgan fingerprint density at radius 2 is 1.86 bits per heavy atom. The van der Waals surface area contributed by atoms with E-state index in [1.54, 1.807) is 56.5 Å². The Balaban J connectivity index is 1.67. The molecule has 0 aromatic heterocycles. The van der Waals surface area contributed by atoms with Crippen molar-refractivity contribution in [1.29, 1.82) is 0 Å². The molecule has 1 unspecified atom stereocenters. The molecule has 0 saturated carbocycles. The van der Waals surface area contributed by atoms with Crippen molar-refractivity contribution in [3.05, 3.63) is 82.9 Å². The van der Waals surface area contributed by atoms with Crippen LogP contribution in [0.1, 0.15) is 37.4 Å². The molecule has 0 spiro atoms. The van der Waals surface area contributed by atoms with Gasteiger partial charge in [-0.15, -0.1) is 0 Å². The Labute approximate surface area is 217 Å². The van der Waals surface area contributed by atoms with Gasteiger partial charge in [-0.2, -0.15) is 0 Å². The van der Waals surface area contributed by atoms with Gasteiger partial charge in [0, 0.05) is 23.1 Å². The number of aryl methyl sites for hydroxylation is 1. The van der Waals surface area contributed by atoms with Gasteiger partial charge in [0.2, 0.25) is 5.91 Å². The first-order valence-electron chi connectivity index (χ1n) is 11.5. The van der Waals surface area contributed by atoms with Gasteiger partial charge in [0.1, 0.15) is 23.6 Å². The maximum absolute atomic E-state index is 13.6. The summed E-state index contributed by atoms with van der Waals surface area (Å²) < 4.78 is 39.9. The highest BCUT2D eigenvalue weighted by molar-refractivity contribution is 7.92. The second-order valence-corrected chi connectivity index (χ2v) is 11.6. The van der Waals surface area contributed by atoms with Crippen LogP contribution in [0, 0.1) is 6.92 Å². The highest BCUT2D eigenvalue weighted by Crippen LogP contribution is 2.41. The molecule has 1 atom stereocenters. The van der Waals surface area contributed by atoms with Crippen LogP contribution in [-0.2, 0) is 14.8 Å². The molecule has 3 aromatic rings. The van der Waals surface area contributed by atoms with E-state index in [4.69, 9.17) is 21.1 Å². The van der Waals surface area contributed by atoms with E-state index in [0.717, 1.165) is 9.87 Å². The number of amides is 1. The molecule has 0 aliphatic carbocycles. The third-order valence-corrected chi connectivity index (χ3v) is 8.07. The van der Waals surface area contributed by atoms with E-state index in [0.29, 0.717) is 34.2 Å². The Morgan fingerprint density at radius 1 is 1.14 bits per heavy atom. The van der Waals surface area contributed by atoms with Crippen molar-refractivity contribution >= 4 is 33.2 Å². The standard InChI is InChI=1S/C27H29ClN2O5S/c1-18-14-19(28)10-13-24(18)30(36(32,33)21-8-6-5-7-9-21)17-26(31)29-23-16-27(2,3)35-25-15-20(34-4)11-12-22(23)25/h5-15,23H,16-17H2,1-4H3,(H,29,31). The highest BCUT2D eigenvalue weighted by atomic mass is 35.5. The van der Waals surface area contributed by atoms with E-state index in [1.165, 1.54) is 12.1 Å². The molecule has 4 rings (SSSR count). The van der Waals surface area contributed by atoms with Crippen LogP contribution in [0.2, 0.25) is 5.02 Å². The molecule has 1 amide bonds. The first-order valence-corrected chi connectivity index (χ1v) is 13.3. The van der Waals surface area contributed by atoms with Crippen molar-refractivity contribution in [1.82, 2.24) is 5.32 Å². The fourth-order valence-corrected chi connectivity index (χ4v) is 6.11. The number of hydrogen-bond acceptors (Lipinski definition) is 5. The predicted octanol–water partition coefficient (Wildman–Crippen LogP) is 5.27. The summed E-state index contributed by atoms with van der Waals surface area (Å²) in [7, 11) is -2.45. The molecule has 1 N–H and O–H groups in total. The van der Waals surface area contributed by atoms with Crippen molar-refractivity contribution in [2.75, 3.05) is 18.0 Å². The zero-order valence-electron chi connectivity index (χ0n) is 20.6. The lowest BCUT2D eigenvalue weighted by molar-refractivity contribution is -0.120. The summed E-state index contributed by atoms with van der Waals surface area (Å²) in [4.78, 5) is 13.5. The lowest BCUT2D eigenvalue weighted by atomic mass is 9.89. The second kappa shape index (κ2) is 10.0. The summed E-state index contributed by atoms with van der Waals surface area (Å²) >= 11 is 6.12. The number of anilines is 1. The Bertz CT molecular complexity index is 1380. The first kappa shape index (κ1) is 25.9. The topological polar surface area (TPSA) is 84.9 Å². The monoisotopic (exact) mass is 528 g/mol. The SMILES string of the molecule is COc1ccc2c(c1)OC(C)(C)CC2NC(=O)CN(c1ccc(Cl)cc1C)S(=O)(=O)c1ccccc1. The van der Waals surface area contributed by atoms with E-state index in [-0.39, 0.29) is 10.9 Å². The molecule has 1 aliphatic rings. The highest BCUT2D eigenvalue weighted by Gasteiger charge is 2.36. The van der Waals surface area contributed by atoms with E-state index in [2.05, 4.69) is 5.32 Å². The molecular formula is C27H29ClN2O5S. The third kappa shape index (κ3) is 5.44. The number of sulfonamides is 1. The Morgan fingerprint density at radius 3 is 2.53 bits per heavy atom. The number of nitrogens with zero attached hydrogens (tertiary/aromatic N) is 1. The van der Waals surface area contributed by atoms with E-state index in [1.807, 2.05) is 26.0 Å². The normalized spacial score (nSPS) is 16.4. The van der Waals surface area contributed by atoms with Crippen LogP contribution < -0.4 is 19.1 Å². The zero-order valence-corrected chi connectivity index (χ0v) is 22.2. The number of halogens is 1. The van der Waals surface area contributed by atoms with Crippen LogP contribution in [0.3, 0.4) is 0 Å². The fourth-order valence-electron chi connectivity index (χ4n) is 4.38. The fraction of sp³-hybridized carbons (Fsp3) is 0.296. The minimum atomic E-state index is -4.03. The summed E-state index contributed by atoms with van der Waals surface area (Å²) in [6.45, 7) is 5.25. The average Bonchev–Trinajstić information content (AvgIpc) is 2.82. The zero-order chi connectivity index (χ0) is 26.1. The van der Waals surface area contributed by atoms with E-state index >= 15 is 0 Å². The van der Waals surface area contributed by atoms with Gasteiger partial charge in [-0.25, -0.2) is 8.42 Å². The molecule has 1 aliphatic heterocycles. The number of rotatable bonds is 7. The molecule has 0 fully saturated rings. The van der Waals surface area contributed by atoms with E-state index in [9.17, 15) is 13.2 Å². The molecular weight excluding hydrogens is 500 g/mol. The molecule has 7 nitrogen and oxygen atoms in total. The Kier molecular flexibility index (Phi) is 7.20. The largest absolute Gasteiger partial charge is 0.497 e. The van der Waals surface area contributed by atoms with Crippen LogP contribution >= 0.6 is 11.6 Å². The lowest BCUT2D eigenvalue weighted by Crippen LogP contribution is -2.45. The van der Waals surface area contributed by atoms with Crippen molar-refractivity contribution in [2.24, 2.45) is 0 Å². The smallest absolute Gasteiger partial charge is 0.264 e. The number of benzene rings is 3. The molecule has 9 heteroatoms. The molecule has 0 radical (unpaired) electrons. The van der Waals surface area contributed by atoms with Crippen molar-refractivity contribution in [3.63, 3.8) is 0 Å². The van der Waals surface area contributed by atoms with Gasteiger partial charge < -0.3 is 14.8 Å². The second-order valence-electron chi connectivity index (χ2n) is 9.35. The number of methoxy groups -OCH3 is 1. The predicted molar refractivity (Wildman–Crippen MR) is 140 cm³/mol. The van der Waals surface area contributed by atoms with Crippen LogP contribution in [0.4, 0.5) is 5.69 Å². The quantitative estimate of drug-likeness (QED) is 0.451. The molecule has 0 bridgehead atoms. The Hall–Kier alpha value is -3.23. The minimum absolute atomic E-state index is 0.0943. The van der Waals surface area contributed by atoms with Crippen molar-refractivity contribution in [3.8, 4) is 11.5 Å². The summed E-state index contributed by atoms with van der Waals surface area (Å²) in [6.07, 6.45) is 0.517. The maximum Gasteiger partial charge on any atom is 0.264 e. The van der Waals surface area contributed by atoms with Crippen LogP contribution in [0.25, 0.3) is 0 Å². The average molecular weight is 529 g/mol. The van der Waals surface area contributed by atoms with Crippen molar-refractivity contribution < 1.29 is 22.7 Å². The van der Waals surface area contributed by atoms with Crippen LogP contribution in [-0.4, -0.2) is 33.6 Å². The number of ether oxygens (including phenoxy) is 2. The maximum atomic E-state index is 13.6. The number of nitrogens with one attached hydrogen (secondary N) is 1. The third-order valence-electron chi connectivity index (χ3n) is 6.06. The molecule has 36 heavy (non-hydrogen) atoms. The van der Waals surface area contributed by atoms with Gasteiger partial charge in [0.15, 0.2) is 0 Å².